The molecule has 0 bridgehead atoms. The van der Waals surface area contributed by atoms with E-state index in [2.05, 4.69) is 20.1 Å². The van der Waals surface area contributed by atoms with Crippen molar-refractivity contribution in [3.8, 4) is 11.8 Å². The maximum atomic E-state index is 13.6. The molecule has 1 amide bonds. The molecule has 200 valence electrons. The fraction of sp³-hybridized carbons (Fsp3) is 0.348. The van der Waals surface area contributed by atoms with Crippen molar-refractivity contribution in [1.29, 1.82) is 0 Å². The highest BCUT2D eigenvalue weighted by atomic mass is 35.5. The lowest BCUT2D eigenvalue weighted by molar-refractivity contribution is -0.138. The van der Waals surface area contributed by atoms with Gasteiger partial charge in [-0.05, 0) is 58.5 Å². The molecule has 0 radical (unpaired) electrons. The number of nitrogens with one attached hydrogen (secondary N) is 2. The number of hydrogen-bond acceptors (Lipinski definition) is 6. The average molecular weight is 560 g/mol. The monoisotopic (exact) mass is 559 g/mol. The molecule has 2 N–H and O–H groups in total. The Balaban J connectivity index is 1.90. The summed E-state index contributed by atoms with van der Waals surface area (Å²) in [5.74, 6) is -1.41. The third-order valence-corrected chi connectivity index (χ3v) is 6.83. The van der Waals surface area contributed by atoms with Crippen molar-refractivity contribution in [2.75, 3.05) is 7.05 Å². The lowest BCUT2D eigenvalue weighted by atomic mass is 10.1. The van der Waals surface area contributed by atoms with E-state index in [0.29, 0.717) is 11.6 Å². The molecule has 3 aromatic rings. The van der Waals surface area contributed by atoms with Crippen molar-refractivity contribution in [2.45, 2.75) is 50.9 Å². The summed E-state index contributed by atoms with van der Waals surface area (Å²) in [6, 6.07) is 6.60. The van der Waals surface area contributed by atoms with E-state index in [1.54, 1.807) is 32.9 Å². The van der Waals surface area contributed by atoms with Crippen LogP contribution in [-0.4, -0.2) is 36.1 Å². The van der Waals surface area contributed by atoms with Crippen LogP contribution in [-0.2, 0) is 28.3 Å². The Morgan fingerprint density at radius 3 is 2.32 bits per heavy atom. The molecule has 37 heavy (non-hydrogen) atoms. The maximum absolute atomic E-state index is 13.6. The van der Waals surface area contributed by atoms with Crippen molar-refractivity contribution in [3.05, 3.63) is 63.9 Å². The molecule has 0 aliphatic rings. The van der Waals surface area contributed by atoms with Gasteiger partial charge in [0.05, 0.1) is 15.5 Å². The first kappa shape index (κ1) is 28.4. The van der Waals surface area contributed by atoms with E-state index < -0.39 is 39.1 Å². The number of aromatic nitrogens is 3. The minimum atomic E-state index is -4.78. The predicted octanol–water partition coefficient (Wildman–Crippen LogP) is 4.64. The number of amides is 1. The Hall–Kier alpha value is -3.16. The summed E-state index contributed by atoms with van der Waals surface area (Å²) >= 11 is 5.71. The Morgan fingerprint density at radius 2 is 1.78 bits per heavy atom. The number of halogens is 4. The van der Waals surface area contributed by atoms with E-state index in [-0.39, 0.29) is 33.6 Å². The second kappa shape index (κ2) is 10.3. The molecule has 0 aliphatic heterocycles. The number of ether oxygens (including phenoxy) is 1. The van der Waals surface area contributed by atoms with Gasteiger partial charge >= 0.3 is 6.18 Å². The highest BCUT2D eigenvalue weighted by Gasteiger charge is 2.37. The SMILES string of the molecule is CNS(=O)(=O)c1ccc(CNC(=O)c2nn(C(C)(C)C)c(Oc3ncc(Cl)cc3C(F)(F)F)c2C)cc1. The Morgan fingerprint density at radius 1 is 1.16 bits per heavy atom. The van der Waals surface area contributed by atoms with E-state index in [4.69, 9.17) is 16.3 Å². The van der Waals surface area contributed by atoms with Gasteiger partial charge in [0.25, 0.3) is 5.91 Å². The molecule has 0 atom stereocenters. The summed E-state index contributed by atoms with van der Waals surface area (Å²) in [6.07, 6.45) is -3.75. The van der Waals surface area contributed by atoms with Gasteiger partial charge in [-0.3, -0.25) is 4.79 Å². The number of carbonyl (C=O) groups is 1. The molecule has 0 saturated heterocycles. The van der Waals surface area contributed by atoms with Gasteiger partial charge in [0.1, 0.15) is 5.56 Å². The van der Waals surface area contributed by atoms with Crippen LogP contribution in [0.5, 0.6) is 11.8 Å². The standard InChI is InChI=1S/C23H25ClF3N5O4S/c1-13-18(19(33)29-11-14-6-8-16(9-7-14)37(34,35)28-5)31-32(22(2,3)4)21(13)36-20-17(23(25,26)27)10-15(24)12-30-20/h6-10,12,28H,11H2,1-5H3,(H,29,33). The van der Waals surface area contributed by atoms with E-state index in [0.717, 1.165) is 6.20 Å². The van der Waals surface area contributed by atoms with Gasteiger partial charge in [-0.1, -0.05) is 23.7 Å². The first-order valence-electron chi connectivity index (χ1n) is 10.9. The van der Waals surface area contributed by atoms with Crippen LogP contribution in [0.15, 0.2) is 41.4 Å². The first-order valence-corrected chi connectivity index (χ1v) is 12.7. The van der Waals surface area contributed by atoms with Crippen LogP contribution in [0.2, 0.25) is 5.02 Å². The van der Waals surface area contributed by atoms with Gasteiger partial charge in [-0.25, -0.2) is 22.8 Å². The summed E-state index contributed by atoms with van der Waals surface area (Å²) < 4.78 is 73.6. The van der Waals surface area contributed by atoms with E-state index in [9.17, 15) is 26.4 Å². The van der Waals surface area contributed by atoms with Crippen LogP contribution < -0.4 is 14.8 Å². The zero-order chi connectivity index (χ0) is 27.8. The number of benzene rings is 1. The van der Waals surface area contributed by atoms with Gasteiger partial charge in [-0.15, -0.1) is 0 Å². The summed E-state index contributed by atoms with van der Waals surface area (Å²) in [4.78, 5) is 16.7. The number of alkyl halides is 3. The van der Waals surface area contributed by atoms with Crippen molar-refractivity contribution in [1.82, 2.24) is 24.8 Å². The molecule has 3 rings (SSSR count). The first-order chi connectivity index (χ1) is 17.0. The molecule has 0 aliphatic carbocycles. The zero-order valence-corrected chi connectivity index (χ0v) is 22.1. The highest BCUT2D eigenvalue weighted by Crippen LogP contribution is 2.40. The molecule has 14 heteroatoms. The molecular formula is C23H25ClF3N5O4S. The second-order valence-corrected chi connectivity index (χ2v) is 11.3. The number of nitrogens with zero attached hydrogens (tertiary/aromatic N) is 3. The van der Waals surface area contributed by atoms with E-state index >= 15 is 0 Å². The van der Waals surface area contributed by atoms with Gasteiger partial charge in [0, 0.05) is 18.3 Å². The van der Waals surface area contributed by atoms with Crippen LogP contribution in [0.4, 0.5) is 13.2 Å². The molecule has 1 aromatic carbocycles. The molecule has 2 aromatic heterocycles. The lowest BCUT2D eigenvalue weighted by Crippen LogP contribution is -2.27. The molecule has 0 spiro atoms. The third kappa shape index (κ3) is 6.40. The average Bonchev–Trinajstić information content (AvgIpc) is 3.14. The fourth-order valence-electron chi connectivity index (χ4n) is 3.24. The Labute approximate surface area is 217 Å². The normalized spacial score (nSPS) is 12.5. The lowest BCUT2D eigenvalue weighted by Gasteiger charge is -2.22. The third-order valence-electron chi connectivity index (χ3n) is 5.19. The Kier molecular flexibility index (Phi) is 7.91. The topological polar surface area (TPSA) is 115 Å². The number of sulfonamides is 1. The van der Waals surface area contributed by atoms with Crippen LogP contribution in [0.1, 0.15) is 48.0 Å². The maximum Gasteiger partial charge on any atom is 0.421 e. The molecule has 0 unspecified atom stereocenters. The van der Waals surface area contributed by atoms with E-state index in [1.165, 1.54) is 30.8 Å². The number of rotatable bonds is 7. The minimum Gasteiger partial charge on any atom is -0.420 e. The molecule has 0 fully saturated rings. The summed E-state index contributed by atoms with van der Waals surface area (Å²) in [5, 5.41) is 6.78. The van der Waals surface area contributed by atoms with Gasteiger partial charge in [0.15, 0.2) is 5.69 Å². The van der Waals surface area contributed by atoms with Crippen LogP contribution in [0, 0.1) is 6.92 Å². The summed E-state index contributed by atoms with van der Waals surface area (Å²) in [7, 11) is -2.30. The van der Waals surface area contributed by atoms with Gasteiger partial charge < -0.3 is 10.1 Å². The molecule has 2 heterocycles. The number of pyridine rings is 1. The van der Waals surface area contributed by atoms with E-state index in [1.807, 2.05) is 0 Å². The quantitative estimate of drug-likeness (QED) is 0.436. The van der Waals surface area contributed by atoms with Crippen LogP contribution in [0.3, 0.4) is 0 Å². The second-order valence-electron chi connectivity index (χ2n) is 9.00. The molecule has 0 saturated carbocycles. The summed E-state index contributed by atoms with van der Waals surface area (Å²) in [5.41, 5.74) is -1.17. The van der Waals surface area contributed by atoms with Crippen molar-refractivity contribution < 1.29 is 31.1 Å². The van der Waals surface area contributed by atoms with Gasteiger partial charge in [0.2, 0.25) is 21.8 Å². The van der Waals surface area contributed by atoms with Crippen molar-refractivity contribution in [3.63, 3.8) is 0 Å². The predicted molar refractivity (Wildman–Crippen MR) is 130 cm³/mol. The van der Waals surface area contributed by atoms with Crippen molar-refractivity contribution >= 4 is 27.5 Å². The minimum absolute atomic E-state index is 0.0493. The zero-order valence-electron chi connectivity index (χ0n) is 20.6. The summed E-state index contributed by atoms with van der Waals surface area (Å²) in [6.45, 7) is 6.78. The molecular weight excluding hydrogens is 535 g/mol. The van der Waals surface area contributed by atoms with Crippen LogP contribution in [0.25, 0.3) is 0 Å². The number of hydrogen-bond donors (Lipinski definition) is 2. The van der Waals surface area contributed by atoms with Crippen LogP contribution >= 0.6 is 11.6 Å². The fourth-order valence-corrected chi connectivity index (χ4v) is 4.13. The van der Waals surface area contributed by atoms with Gasteiger partial charge in [-0.2, -0.15) is 18.3 Å². The smallest absolute Gasteiger partial charge is 0.420 e. The number of carbonyl (C=O) groups excluding carboxylic acids is 1. The largest absolute Gasteiger partial charge is 0.421 e. The molecule has 9 nitrogen and oxygen atoms in total. The Bertz CT molecular complexity index is 1420. The van der Waals surface area contributed by atoms with Crippen molar-refractivity contribution in [2.24, 2.45) is 0 Å². The highest BCUT2D eigenvalue weighted by molar-refractivity contribution is 7.89.